The van der Waals surface area contributed by atoms with Crippen LogP contribution in [0.1, 0.15) is 32.6 Å². The molecule has 3 N–H and O–H groups in total. The molecule has 0 radical (unpaired) electrons. The van der Waals surface area contributed by atoms with E-state index in [0.717, 1.165) is 75.9 Å². The van der Waals surface area contributed by atoms with E-state index >= 15 is 0 Å². The average molecular weight is 359 g/mol. The maximum atomic E-state index is 10.5. The molecule has 1 unspecified atom stereocenters. The van der Waals surface area contributed by atoms with E-state index in [4.69, 9.17) is 4.74 Å². The van der Waals surface area contributed by atoms with E-state index in [2.05, 4.69) is 27.4 Å². The van der Waals surface area contributed by atoms with Gasteiger partial charge in [0.1, 0.15) is 0 Å². The largest absolute Gasteiger partial charge is 0.387 e. The van der Waals surface area contributed by atoms with Gasteiger partial charge in [0.05, 0.1) is 12.1 Å². The van der Waals surface area contributed by atoms with Crippen molar-refractivity contribution in [2.75, 3.05) is 57.9 Å². The number of aliphatic imine (C=N–C) groups is 1. The highest BCUT2D eigenvalue weighted by atomic mass is 32.2. The normalized spacial score (nSPS) is 26.7. The standard InChI is InChI=1S/C17H34N4O2S/c1-3-18-16(19-13-17(22)7-12-24-14-17)20-15-5-9-21(10-6-15)8-4-11-23-2/h15,22H,3-14H2,1-2H3,(H2,18,19,20). The van der Waals surface area contributed by atoms with Crippen molar-refractivity contribution in [1.82, 2.24) is 15.5 Å². The summed E-state index contributed by atoms with van der Waals surface area (Å²) in [7, 11) is 1.76. The molecule has 2 heterocycles. The Morgan fingerprint density at radius 2 is 2.21 bits per heavy atom. The lowest BCUT2D eigenvalue weighted by atomic mass is 10.0. The van der Waals surface area contributed by atoms with Gasteiger partial charge in [-0.15, -0.1) is 0 Å². The summed E-state index contributed by atoms with van der Waals surface area (Å²) >= 11 is 1.82. The van der Waals surface area contributed by atoms with Gasteiger partial charge < -0.3 is 25.4 Å². The van der Waals surface area contributed by atoms with Gasteiger partial charge in [0.15, 0.2) is 5.96 Å². The van der Waals surface area contributed by atoms with Gasteiger partial charge in [-0.2, -0.15) is 11.8 Å². The summed E-state index contributed by atoms with van der Waals surface area (Å²) in [5.74, 6) is 2.69. The molecule has 1 atom stereocenters. The number of nitrogens with one attached hydrogen (secondary N) is 2. The molecule has 0 aromatic carbocycles. The third-order valence-electron chi connectivity index (χ3n) is 4.71. The van der Waals surface area contributed by atoms with E-state index in [9.17, 15) is 5.11 Å². The fourth-order valence-electron chi connectivity index (χ4n) is 3.19. The van der Waals surface area contributed by atoms with Crippen LogP contribution in [0.4, 0.5) is 0 Å². The van der Waals surface area contributed by atoms with E-state index in [0.29, 0.717) is 12.6 Å². The maximum Gasteiger partial charge on any atom is 0.191 e. The Balaban J connectivity index is 1.74. The third kappa shape index (κ3) is 6.78. The predicted octanol–water partition coefficient (Wildman–Crippen LogP) is 0.910. The van der Waals surface area contributed by atoms with Crippen LogP contribution >= 0.6 is 11.8 Å². The number of hydrogen-bond donors (Lipinski definition) is 3. The van der Waals surface area contributed by atoms with Gasteiger partial charge >= 0.3 is 0 Å². The number of aliphatic hydroxyl groups is 1. The van der Waals surface area contributed by atoms with Crippen LogP contribution in [0.2, 0.25) is 0 Å². The third-order valence-corrected chi connectivity index (χ3v) is 5.94. The first-order valence-corrected chi connectivity index (χ1v) is 10.4. The van der Waals surface area contributed by atoms with Gasteiger partial charge in [-0.1, -0.05) is 0 Å². The molecule has 6 nitrogen and oxygen atoms in total. The smallest absolute Gasteiger partial charge is 0.191 e. The van der Waals surface area contributed by atoms with Crippen LogP contribution in [0.15, 0.2) is 4.99 Å². The van der Waals surface area contributed by atoms with Crippen LogP contribution in [0, 0.1) is 0 Å². The van der Waals surface area contributed by atoms with E-state index in [1.165, 1.54) is 0 Å². The summed E-state index contributed by atoms with van der Waals surface area (Å²) in [6, 6.07) is 0.467. The molecule has 24 heavy (non-hydrogen) atoms. The van der Waals surface area contributed by atoms with Crippen molar-refractivity contribution in [3.8, 4) is 0 Å². The lowest BCUT2D eigenvalue weighted by Gasteiger charge is -2.33. The first kappa shape index (κ1) is 19.8. The molecular weight excluding hydrogens is 324 g/mol. The Hall–Kier alpha value is -0.500. The van der Waals surface area contributed by atoms with Crippen molar-refractivity contribution in [3.63, 3.8) is 0 Å². The van der Waals surface area contributed by atoms with Gasteiger partial charge in [0.25, 0.3) is 0 Å². The first-order chi connectivity index (χ1) is 11.6. The fraction of sp³-hybridized carbons (Fsp3) is 0.941. The monoisotopic (exact) mass is 358 g/mol. The lowest BCUT2D eigenvalue weighted by Crippen LogP contribution is -2.49. The van der Waals surface area contributed by atoms with Crippen molar-refractivity contribution < 1.29 is 9.84 Å². The highest BCUT2D eigenvalue weighted by molar-refractivity contribution is 7.99. The van der Waals surface area contributed by atoms with Crippen molar-refractivity contribution in [3.05, 3.63) is 0 Å². The van der Waals surface area contributed by atoms with Gasteiger partial charge in [-0.3, -0.25) is 4.99 Å². The minimum atomic E-state index is -0.613. The summed E-state index contributed by atoms with van der Waals surface area (Å²) in [6.07, 6.45) is 4.23. The number of thioether (sulfide) groups is 1. The number of methoxy groups -OCH3 is 1. The lowest BCUT2D eigenvalue weighted by molar-refractivity contribution is 0.0778. The minimum absolute atomic E-state index is 0.467. The Labute approximate surface area is 150 Å². The van der Waals surface area contributed by atoms with Crippen molar-refractivity contribution >= 4 is 17.7 Å². The van der Waals surface area contributed by atoms with E-state index in [-0.39, 0.29) is 0 Å². The Kier molecular flexibility index (Phi) is 8.66. The van der Waals surface area contributed by atoms with Crippen LogP contribution in [0.25, 0.3) is 0 Å². The first-order valence-electron chi connectivity index (χ1n) is 9.21. The van der Waals surface area contributed by atoms with Crippen molar-refractivity contribution in [2.24, 2.45) is 4.99 Å². The zero-order valence-corrected chi connectivity index (χ0v) is 16.0. The number of nitrogens with zero attached hydrogens (tertiary/aromatic N) is 2. The molecule has 2 fully saturated rings. The number of likely N-dealkylation sites (tertiary alicyclic amines) is 1. The topological polar surface area (TPSA) is 69.1 Å². The van der Waals surface area contributed by atoms with E-state index in [1.807, 2.05) is 11.8 Å². The number of piperidine rings is 1. The van der Waals surface area contributed by atoms with Crippen LogP contribution in [0.3, 0.4) is 0 Å². The number of hydrogen-bond acceptors (Lipinski definition) is 5. The second-order valence-electron chi connectivity index (χ2n) is 6.83. The number of rotatable bonds is 8. The highest BCUT2D eigenvalue weighted by Crippen LogP contribution is 2.27. The molecule has 7 heteroatoms. The van der Waals surface area contributed by atoms with Gasteiger partial charge in [0.2, 0.25) is 0 Å². The molecule has 140 valence electrons. The van der Waals surface area contributed by atoms with Gasteiger partial charge in [0, 0.05) is 51.7 Å². The molecule has 0 aromatic rings. The Morgan fingerprint density at radius 1 is 1.42 bits per heavy atom. The molecule has 0 aromatic heterocycles. The van der Waals surface area contributed by atoms with Crippen molar-refractivity contribution in [2.45, 2.75) is 44.2 Å². The molecular formula is C17H34N4O2S. The van der Waals surface area contributed by atoms with Gasteiger partial charge in [-0.25, -0.2) is 0 Å². The van der Waals surface area contributed by atoms with Crippen molar-refractivity contribution in [1.29, 1.82) is 0 Å². The van der Waals surface area contributed by atoms with Gasteiger partial charge in [-0.05, 0) is 38.4 Å². The van der Waals surface area contributed by atoms with Crippen LogP contribution in [-0.4, -0.2) is 85.6 Å². The minimum Gasteiger partial charge on any atom is -0.387 e. The maximum absolute atomic E-state index is 10.5. The molecule has 0 spiro atoms. The molecule has 0 amide bonds. The summed E-state index contributed by atoms with van der Waals surface area (Å²) in [4.78, 5) is 7.16. The number of guanidine groups is 1. The molecule has 0 bridgehead atoms. The summed E-state index contributed by atoms with van der Waals surface area (Å²) in [5.41, 5.74) is -0.613. The second kappa shape index (κ2) is 10.5. The molecule has 2 aliphatic rings. The predicted molar refractivity (Wildman–Crippen MR) is 102 cm³/mol. The van der Waals surface area contributed by atoms with Crippen LogP contribution < -0.4 is 10.6 Å². The van der Waals surface area contributed by atoms with E-state index in [1.54, 1.807) is 7.11 Å². The average Bonchev–Trinajstić information content (AvgIpc) is 3.02. The SMILES string of the molecule is CCNC(=NCC1(O)CCSC1)NC1CCN(CCCOC)CC1. The molecule has 2 aliphatic heterocycles. The quantitative estimate of drug-likeness (QED) is 0.340. The fourth-order valence-corrected chi connectivity index (χ4v) is 4.48. The zero-order valence-electron chi connectivity index (χ0n) is 15.2. The summed E-state index contributed by atoms with van der Waals surface area (Å²) in [6.45, 7) is 7.63. The molecule has 2 rings (SSSR count). The Morgan fingerprint density at radius 3 is 2.83 bits per heavy atom. The zero-order chi connectivity index (χ0) is 17.3. The Bertz CT molecular complexity index is 381. The molecule has 2 saturated heterocycles. The number of ether oxygens (including phenoxy) is 1. The summed E-state index contributed by atoms with van der Waals surface area (Å²) in [5, 5.41) is 17.3. The molecule has 0 saturated carbocycles. The van der Waals surface area contributed by atoms with Crippen LogP contribution in [-0.2, 0) is 4.74 Å². The highest BCUT2D eigenvalue weighted by Gasteiger charge is 2.31. The van der Waals surface area contributed by atoms with E-state index < -0.39 is 5.60 Å². The molecule has 0 aliphatic carbocycles. The summed E-state index contributed by atoms with van der Waals surface area (Å²) < 4.78 is 5.13. The van der Waals surface area contributed by atoms with Crippen LogP contribution in [0.5, 0.6) is 0 Å². The second-order valence-corrected chi connectivity index (χ2v) is 7.93.